The predicted molar refractivity (Wildman–Crippen MR) is 58.4 cm³/mol. The van der Waals surface area contributed by atoms with E-state index in [0.29, 0.717) is 6.04 Å². The second kappa shape index (κ2) is 4.03. The molecule has 0 spiro atoms. The van der Waals surface area contributed by atoms with Gasteiger partial charge in [-0.2, -0.15) is 0 Å². The molecule has 3 heteroatoms. The van der Waals surface area contributed by atoms with Gasteiger partial charge >= 0.3 is 0 Å². The van der Waals surface area contributed by atoms with E-state index in [1.165, 1.54) is 19.3 Å². The fourth-order valence-electron chi connectivity index (χ4n) is 1.91. The molecule has 3 nitrogen and oxygen atoms in total. The standard InChI is InChI=1S/C11H19N3/c1-3-12-11-13-6-7-14(11)9(2)8-10-4-5-10/h6-7,9-10H,3-5,8H2,1-2H3,(H,12,13). The molecule has 2 rings (SSSR count). The van der Waals surface area contributed by atoms with Crippen LogP contribution in [0.15, 0.2) is 12.4 Å². The lowest BCUT2D eigenvalue weighted by atomic mass is 10.1. The first-order valence-electron chi connectivity index (χ1n) is 5.58. The van der Waals surface area contributed by atoms with Crippen LogP contribution in [0, 0.1) is 5.92 Å². The van der Waals surface area contributed by atoms with Crippen LogP contribution in [0.4, 0.5) is 5.95 Å². The van der Waals surface area contributed by atoms with Crippen LogP contribution < -0.4 is 5.32 Å². The van der Waals surface area contributed by atoms with E-state index in [2.05, 4.69) is 34.9 Å². The minimum atomic E-state index is 0.582. The Kier molecular flexibility index (Phi) is 2.75. The Hall–Kier alpha value is -0.990. The van der Waals surface area contributed by atoms with Gasteiger partial charge in [0.25, 0.3) is 0 Å². The molecule has 0 bridgehead atoms. The zero-order valence-corrected chi connectivity index (χ0v) is 9.03. The molecule has 1 unspecified atom stereocenters. The van der Waals surface area contributed by atoms with Gasteiger partial charge in [-0.1, -0.05) is 12.8 Å². The highest BCUT2D eigenvalue weighted by atomic mass is 15.2. The fraction of sp³-hybridized carbons (Fsp3) is 0.727. The summed E-state index contributed by atoms with van der Waals surface area (Å²) in [6, 6.07) is 0.582. The largest absolute Gasteiger partial charge is 0.356 e. The van der Waals surface area contributed by atoms with Gasteiger partial charge in [-0.25, -0.2) is 4.98 Å². The van der Waals surface area contributed by atoms with Crippen LogP contribution in [0.25, 0.3) is 0 Å². The summed E-state index contributed by atoms with van der Waals surface area (Å²) >= 11 is 0. The Bertz CT molecular complexity index is 288. The van der Waals surface area contributed by atoms with E-state index < -0.39 is 0 Å². The molecule has 1 heterocycles. The number of hydrogen-bond acceptors (Lipinski definition) is 2. The third-order valence-electron chi connectivity index (χ3n) is 2.85. The van der Waals surface area contributed by atoms with E-state index >= 15 is 0 Å². The number of nitrogens with one attached hydrogen (secondary N) is 1. The van der Waals surface area contributed by atoms with Crippen LogP contribution in [0.1, 0.15) is 39.2 Å². The van der Waals surface area contributed by atoms with Crippen molar-refractivity contribution >= 4 is 5.95 Å². The molecule has 14 heavy (non-hydrogen) atoms. The number of imidazole rings is 1. The van der Waals surface area contributed by atoms with Crippen LogP contribution in [-0.4, -0.2) is 16.1 Å². The molecule has 1 aromatic heterocycles. The first kappa shape index (κ1) is 9.56. The van der Waals surface area contributed by atoms with Crippen LogP contribution in [0.5, 0.6) is 0 Å². The Morgan fingerprint density at radius 3 is 3.07 bits per heavy atom. The van der Waals surface area contributed by atoms with E-state index in [1.54, 1.807) is 0 Å². The fourth-order valence-corrected chi connectivity index (χ4v) is 1.91. The minimum absolute atomic E-state index is 0.582. The number of rotatable bonds is 5. The molecule has 0 amide bonds. The molecule has 1 fully saturated rings. The number of nitrogens with zero attached hydrogens (tertiary/aromatic N) is 2. The Labute approximate surface area is 85.5 Å². The van der Waals surface area contributed by atoms with Gasteiger partial charge in [-0.3, -0.25) is 0 Å². The van der Waals surface area contributed by atoms with Gasteiger partial charge in [0.05, 0.1) is 0 Å². The van der Waals surface area contributed by atoms with E-state index in [-0.39, 0.29) is 0 Å². The average molecular weight is 193 g/mol. The first-order valence-corrected chi connectivity index (χ1v) is 5.58. The Balaban J connectivity index is 2.00. The van der Waals surface area contributed by atoms with E-state index in [4.69, 9.17) is 0 Å². The predicted octanol–water partition coefficient (Wildman–Crippen LogP) is 2.68. The second-order valence-electron chi connectivity index (χ2n) is 4.22. The SMILES string of the molecule is CCNc1nccn1C(C)CC1CC1. The van der Waals surface area contributed by atoms with Crippen molar-refractivity contribution in [2.24, 2.45) is 5.92 Å². The molecular formula is C11H19N3. The third-order valence-corrected chi connectivity index (χ3v) is 2.85. The van der Waals surface area contributed by atoms with Crippen molar-refractivity contribution in [3.8, 4) is 0 Å². The molecule has 0 radical (unpaired) electrons. The van der Waals surface area contributed by atoms with Crippen molar-refractivity contribution in [3.63, 3.8) is 0 Å². The van der Waals surface area contributed by atoms with Gasteiger partial charge in [0.2, 0.25) is 5.95 Å². The smallest absolute Gasteiger partial charge is 0.203 e. The van der Waals surface area contributed by atoms with E-state index in [0.717, 1.165) is 18.4 Å². The van der Waals surface area contributed by atoms with Gasteiger partial charge < -0.3 is 9.88 Å². The molecule has 1 aliphatic rings. The maximum Gasteiger partial charge on any atom is 0.203 e. The minimum Gasteiger partial charge on any atom is -0.356 e. The molecule has 0 saturated heterocycles. The first-order chi connectivity index (χ1) is 6.81. The zero-order valence-electron chi connectivity index (χ0n) is 9.03. The van der Waals surface area contributed by atoms with Crippen LogP contribution >= 0.6 is 0 Å². The summed E-state index contributed by atoms with van der Waals surface area (Å²) < 4.78 is 2.25. The lowest BCUT2D eigenvalue weighted by Crippen LogP contribution is -2.10. The molecule has 0 aromatic carbocycles. The van der Waals surface area contributed by atoms with Gasteiger partial charge in [0.1, 0.15) is 0 Å². The van der Waals surface area contributed by atoms with E-state index in [1.807, 2.05) is 6.20 Å². The third kappa shape index (κ3) is 2.08. The monoisotopic (exact) mass is 193 g/mol. The highest BCUT2D eigenvalue weighted by Gasteiger charge is 2.24. The van der Waals surface area contributed by atoms with Gasteiger partial charge in [0.15, 0.2) is 0 Å². The second-order valence-corrected chi connectivity index (χ2v) is 4.22. The maximum absolute atomic E-state index is 4.31. The number of hydrogen-bond donors (Lipinski definition) is 1. The summed E-state index contributed by atoms with van der Waals surface area (Å²) in [5, 5.41) is 3.28. The van der Waals surface area contributed by atoms with Gasteiger partial charge in [0, 0.05) is 25.0 Å². The lowest BCUT2D eigenvalue weighted by Gasteiger charge is -2.16. The quantitative estimate of drug-likeness (QED) is 0.779. The summed E-state index contributed by atoms with van der Waals surface area (Å²) in [6.45, 7) is 5.32. The molecular weight excluding hydrogens is 174 g/mol. The highest BCUT2D eigenvalue weighted by Crippen LogP contribution is 2.37. The molecule has 1 aliphatic carbocycles. The molecule has 1 aromatic rings. The van der Waals surface area contributed by atoms with Crippen molar-refractivity contribution in [2.75, 3.05) is 11.9 Å². The van der Waals surface area contributed by atoms with Crippen LogP contribution in [0.3, 0.4) is 0 Å². The van der Waals surface area contributed by atoms with Crippen molar-refractivity contribution in [3.05, 3.63) is 12.4 Å². The highest BCUT2D eigenvalue weighted by molar-refractivity contribution is 5.26. The maximum atomic E-state index is 4.31. The average Bonchev–Trinajstić information content (AvgIpc) is 2.83. The molecule has 1 atom stereocenters. The summed E-state index contributed by atoms with van der Waals surface area (Å²) in [4.78, 5) is 4.31. The van der Waals surface area contributed by atoms with E-state index in [9.17, 15) is 0 Å². The number of anilines is 1. The zero-order chi connectivity index (χ0) is 9.97. The molecule has 1 N–H and O–H groups in total. The van der Waals surface area contributed by atoms with Crippen LogP contribution in [0.2, 0.25) is 0 Å². The topological polar surface area (TPSA) is 29.9 Å². The Morgan fingerprint density at radius 1 is 1.64 bits per heavy atom. The van der Waals surface area contributed by atoms with Crippen LogP contribution in [-0.2, 0) is 0 Å². The molecule has 1 saturated carbocycles. The number of aromatic nitrogens is 2. The van der Waals surface area contributed by atoms with Crippen molar-refractivity contribution in [1.29, 1.82) is 0 Å². The van der Waals surface area contributed by atoms with Crippen molar-refractivity contribution in [2.45, 2.75) is 39.2 Å². The van der Waals surface area contributed by atoms with Crippen molar-refractivity contribution < 1.29 is 0 Å². The molecule has 0 aliphatic heterocycles. The lowest BCUT2D eigenvalue weighted by molar-refractivity contribution is 0.480. The summed E-state index contributed by atoms with van der Waals surface area (Å²) in [5.41, 5.74) is 0. The Morgan fingerprint density at radius 2 is 2.43 bits per heavy atom. The van der Waals surface area contributed by atoms with Gasteiger partial charge in [-0.15, -0.1) is 0 Å². The summed E-state index contributed by atoms with van der Waals surface area (Å²) in [7, 11) is 0. The van der Waals surface area contributed by atoms with Crippen molar-refractivity contribution in [1.82, 2.24) is 9.55 Å². The summed E-state index contributed by atoms with van der Waals surface area (Å²) in [5.74, 6) is 1.99. The molecule has 78 valence electrons. The normalized spacial score (nSPS) is 18.1. The van der Waals surface area contributed by atoms with Gasteiger partial charge in [-0.05, 0) is 26.2 Å². The summed E-state index contributed by atoms with van der Waals surface area (Å²) in [6.07, 6.45) is 8.10.